The van der Waals surface area contributed by atoms with Crippen molar-refractivity contribution in [3.05, 3.63) is 57.6 Å². The minimum Gasteiger partial charge on any atom is -0.356 e. The number of rotatable bonds is 8. The second-order valence-electron chi connectivity index (χ2n) is 5.58. The number of carbonyl (C=O) groups is 2. The van der Waals surface area contributed by atoms with Gasteiger partial charge in [-0.25, -0.2) is 4.98 Å². The summed E-state index contributed by atoms with van der Waals surface area (Å²) in [6.45, 7) is 2.10. The number of thioether (sulfide) groups is 1. The molecule has 0 saturated carbocycles. The molecule has 3 rings (SSSR count). The lowest BCUT2D eigenvalue weighted by Gasteiger charge is -1.99. The molecular formula is C19H18N2O2S3. The van der Waals surface area contributed by atoms with E-state index in [-0.39, 0.29) is 11.7 Å². The normalized spacial score (nSPS) is 10.7. The zero-order chi connectivity index (χ0) is 18.4. The first-order chi connectivity index (χ1) is 12.6. The summed E-state index contributed by atoms with van der Waals surface area (Å²) < 4.78 is 0.902. The summed E-state index contributed by atoms with van der Waals surface area (Å²) >= 11 is 4.54. The van der Waals surface area contributed by atoms with Crippen LogP contribution in [0.4, 0.5) is 0 Å². The van der Waals surface area contributed by atoms with Crippen molar-refractivity contribution in [2.24, 2.45) is 0 Å². The van der Waals surface area contributed by atoms with Crippen molar-refractivity contribution in [1.29, 1.82) is 0 Å². The van der Waals surface area contributed by atoms with Crippen LogP contribution < -0.4 is 5.32 Å². The maximum absolute atomic E-state index is 12.4. The van der Waals surface area contributed by atoms with E-state index in [1.54, 1.807) is 11.3 Å². The number of ketones is 1. The first kappa shape index (κ1) is 18.8. The number of nitrogens with one attached hydrogen (secondary N) is 1. The van der Waals surface area contributed by atoms with E-state index in [1.165, 1.54) is 30.0 Å². The van der Waals surface area contributed by atoms with Crippen LogP contribution >= 0.6 is 34.4 Å². The van der Waals surface area contributed by atoms with Crippen LogP contribution in [0.2, 0.25) is 0 Å². The maximum atomic E-state index is 12.4. The quantitative estimate of drug-likeness (QED) is 0.444. The molecule has 7 heteroatoms. The first-order valence-corrected chi connectivity index (χ1v) is 10.8. The number of Topliss-reactive ketones (excluding diaryl/α,β-unsaturated/α-hetero) is 1. The number of benzene rings is 1. The van der Waals surface area contributed by atoms with E-state index in [1.807, 2.05) is 47.8 Å². The molecule has 0 saturated heterocycles. The molecule has 0 aliphatic rings. The number of thiophene rings is 1. The van der Waals surface area contributed by atoms with Crippen LogP contribution in [0.15, 0.2) is 52.2 Å². The Hall–Kier alpha value is -1.96. The van der Waals surface area contributed by atoms with Crippen LogP contribution in [-0.4, -0.2) is 29.0 Å². The van der Waals surface area contributed by atoms with Crippen molar-refractivity contribution in [3.63, 3.8) is 0 Å². The highest BCUT2D eigenvalue weighted by Gasteiger charge is 2.12. The third kappa shape index (κ3) is 5.27. The summed E-state index contributed by atoms with van der Waals surface area (Å²) in [6, 6.07) is 13.9. The van der Waals surface area contributed by atoms with Gasteiger partial charge in [-0.15, -0.1) is 22.7 Å². The Balaban J connectivity index is 1.52. The van der Waals surface area contributed by atoms with Crippen molar-refractivity contribution < 1.29 is 9.59 Å². The molecular weight excluding hydrogens is 384 g/mol. The Morgan fingerprint density at radius 1 is 1.15 bits per heavy atom. The fourth-order valence-corrected chi connectivity index (χ4v) is 5.04. The summed E-state index contributed by atoms with van der Waals surface area (Å²) in [4.78, 5) is 29.7. The molecule has 0 unspecified atom stereocenters. The highest BCUT2D eigenvalue weighted by Crippen LogP contribution is 2.29. The van der Waals surface area contributed by atoms with Crippen LogP contribution in [-0.2, 0) is 11.2 Å². The number of hydrogen-bond donors (Lipinski definition) is 1. The predicted octanol–water partition coefficient (Wildman–Crippen LogP) is 4.53. The monoisotopic (exact) mass is 402 g/mol. The van der Waals surface area contributed by atoms with Crippen LogP contribution in [0, 0.1) is 0 Å². The molecule has 1 amide bonds. The summed E-state index contributed by atoms with van der Waals surface area (Å²) in [5, 5.41) is 4.79. The van der Waals surface area contributed by atoms with Crippen LogP contribution in [0.1, 0.15) is 21.5 Å². The van der Waals surface area contributed by atoms with Gasteiger partial charge in [-0.1, -0.05) is 42.1 Å². The molecule has 0 aliphatic carbocycles. The zero-order valence-corrected chi connectivity index (χ0v) is 16.7. The molecule has 134 valence electrons. The zero-order valence-electron chi connectivity index (χ0n) is 14.2. The van der Waals surface area contributed by atoms with E-state index in [0.717, 1.165) is 31.8 Å². The third-order valence-corrected chi connectivity index (χ3v) is 6.77. The van der Waals surface area contributed by atoms with Gasteiger partial charge in [-0.2, -0.15) is 0 Å². The molecule has 1 N–H and O–H groups in total. The smallest absolute Gasteiger partial charge is 0.216 e. The lowest BCUT2D eigenvalue weighted by molar-refractivity contribution is -0.118. The van der Waals surface area contributed by atoms with Gasteiger partial charge >= 0.3 is 0 Å². The Bertz CT molecular complexity index is 887. The second-order valence-corrected chi connectivity index (χ2v) is 8.82. The Kier molecular flexibility index (Phi) is 6.60. The summed E-state index contributed by atoms with van der Waals surface area (Å²) in [5.41, 5.74) is 2.03. The lowest BCUT2D eigenvalue weighted by atomic mass is 10.2. The number of carbonyl (C=O) groups excluding carboxylic acids is 2. The highest BCUT2D eigenvalue weighted by atomic mass is 32.2. The number of aromatic nitrogens is 1. The van der Waals surface area contributed by atoms with Gasteiger partial charge in [0.2, 0.25) is 5.91 Å². The molecule has 0 radical (unpaired) electrons. The fraction of sp³-hybridized carbons (Fsp3) is 0.211. The molecule has 1 aromatic carbocycles. The summed E-state index contributed by atoms with van der Waals surface area (Å²) in [6.07, 6.45) is 0.748. The van der Waals surface area contributed by atoms with Crippen molar-refractivity contribution in [1.82, 2.24) is 10.3 Å². The van der Waals surface area contributed by atoms with Crippen LogP contribution in [0.25, 0.3) is 11.3 Å². The Morgan fingerprint density at radius 3 is 2.73 bits per heavy atom. The maximum Gasteiger partial charge on any atom is 0.216 e. The standard InChI is InChI=1S/C19H18N2O2S3/c1-13(22)20-10-9-15-7-8-18(26-15)17(23)12-25-19-21-16(11-24-19)14-5-3-2-4-6-14/h2-8,11H,9-10,12H2,1H3,(H,20,22). The van der Waals surface area contributed by atoms with E-state index >= 15 is 0 Å². The topological polar surface area (TPSA) is 59.1 Å². The van der Waals surface area contributed by atoms with Gasteiger partial charge in [0.15, 0.2) is 10.1 Å². The fourth-order valence-electron chi connectivity index (χ4n) is 2.29. The highest BCUT2D eigenvalue weighted by molar-refractivity contribution is 8.01. The van der Waals surface area contributed by atoms with Crippen LogP contribution in [0.5, 0.6) is 0 Å². The van der Waals surface area contributed by atoms with Gasteiger partial charge in [0.05, 0.1) is 16.3 Å². The average molecular weight is 403 g/mol. The number of hydrogen-bond acceptors (Lipinski definition) is 6. The summed E-state index contributed by atoms with van der Waals surface area (Å²) in [5.74, 6) is 0.461. The minimum atomic E-state index is -0.0347. The third-order valence-electron chi connectivity index (χ3n) is 3.56. The Morgan fingerprint density at radius 2 is 1.96 bits per heavy atom. The van der Waals surface area contributed by atoms with Crippen molar-refractivity contribution in [2.75, 3.05) is 12.3 Å². The lowest BCUT2D eigenvalue weighted by Crippen LogP contribution is -2.22. The molecule has 3 aromatic rings. The van der Waals surface area contributed by atoms with Gasteiger partial charge in [-0.05, 0) is 18.6 Å². The van der Waals surface area contributed by atoms with E-state index in [9.17, 15) is 9.59 Å². The van der Waals surface area contributed by atoms with Crippen LogP contribution in [0.3, 0.4) is 0 Å². The molecule has 0 aliphatic heterocycles. The Labute approximate surface area is 164 Å². The predicted molar refractivity (Wildman–Crippen MR) is 109 cm³/mol. The van der Waals surface area contributed by atoms with E-state index in [4.69, 9.17) is 0 Å². The van der Waals surface area contributed by atoms with Crippen molar-refractivity contribution in [3.8, 4) is 11.3 Å². The number of thiazole rings is 1. The molecule has 2 aromatic heterocycles. The van der Waals surface area contributed by atoms with E-state index in [2.05, 4.69) is 10.3 Å². The number of amides is 1. The molecule has 26 heavy (non-hydrogen) atoms. The SMILES string of the molecule is CC(=O)NCCc1ccc(C(=O)CSc2nc(-c3ccccc3)cs2)s1. The molecule has 4 nitrogen and oxygen atoms in total. The second kappa shape index (κ2) is 9.12. The van der Waals surface area contributed by atoms with Gasteiger partial charge < -0.3 is 5.32 Å². The van der Waals surface area contributed by atoms with Gasteiger partial charge in [0.1, 0.15) is 0 Å². The molecule has 0 bridgehead atoms. The molecule has 0 spiro atoms. The molecule has 2 heterocycles. The van der Waals surface area contributed by atoms with Crippen molar-refractivity contribution >= 4 is 46.1 Å². The van der Waals surface area contributed by atoms with E-state index < -0.39 is 0 Å². The van der Waals surface area contributed by atoms with E-state index in [0.29, 0.717) is 12.3 Å². The van der Waals surface area contributed by atoms with Gasteiger partial charge in [0.25, 0.3) is 0 Å². The molecule has 0 atom stereocenters. The molecule has 0 fully saturated rings. The summed E-state index contributed by atoms with van der Waals surface area (Å²) in [7, 11) is 0. The average Bonchev–Trinajstić information content (AvgIpc) is 3.30. The van der Waals surface area contributed by atoms with Crippen molar-refractivity contribution in [2.45, 2.75) is 17.7 Å². The van der Waals surface area contributed by atoms with Gasteiger partial charge in [0, 0.05) is 29.3 Å². The first-order valence-electron chi connectivity index (χ1n) is 8.12. The van der Waals surface area contributed by atoms with Gasteiger partial charge in [-0.3, -0.25) is 9.59 Å². The number of nitrogens with zero attached hydrogens (tertiary/aromatic N) is 1. The minimum absolute atomic E-state index is 0.0347. The largest absolute Gasteiger partial charge is 0.356 e.